The van der Waals surface area contributed by atoms with Crippen molar-refractivity contribution < 1.29 is 0 Å². The van der Waals surface area contributed by atoms with Crippen molar-refractivity contribution in [1.82, 2.24) is 19.7 Å². The van der Waals surface area contributed by atoms with E-state index in [-0.39, 0.29) is 0 Å². The second-order valence-electron chi connectivity index (χ2n) is 6.48. The Bertz CT molecular complexity index is 921. The van der Waals surface area contributed by atoms with E-state index < -0.39 is 0 Å². The Balaban J connectivity index is 2.07. The predicted molar refractivity (Wildman–Crippen MR) is 114 cm³/mol. The molecular weight excluding hydrogens is 366 g/mol. The van der Waals surface area contributed by atoms with E-state index in [0.717, 1.165) is 48.0 Å². The number of hydrogen-bond donors (Lipinski definition) is 0. The van der Waals surface area contributed by atoms with Crippen LogP contribution in [-0.2, 0) is 12.8 Å². The summed E-state index contributed by atoms with van der Waals surface area (Å²) in [5.74, 6) is 1.74. The first kappa shape index (κ1) is 20.1. The maximum absolute atomic E-state index is 8.73. The molecule has 1 aromatic carbocycles. The molecule has 5 nitrogen and oxygen atoms in total. The van der Waals surface area contributed by atoms with Gasteiger partial charge >= 0.3 is 0 Å². The highest BCUT2D eigenvalue weighted by atomic mass is 32.2. The Labute approximate surface area is 170 Å². The van der Waals surface area contributed by atoms with Gasteiger partial charge in [-0.25, -0.2) is 0 Å². The third-order valence-corrected chi connectivity index (χ3v) is 5.67. The molecule has 0 N–H and O–H groups in total. The maximum Gasteiger partial charge on any atom is 0.196 e. The minimum Gasteiger partial charge on any atom is -0.269 e. The van der Waals surface area contributed by atoms with Gasteiger partial charge in [-0.3, -0.25) is 9.55 Å². The molecule has 0 spiro atoms. The zero-order valence-corrected chi connectivity index (χ0v) is 17.2. The van der Waals surface area contributed by atoms with Crippen LogP contribution in [0.2, 0.25) is 0 Å². The van der Waals surface area contributed by atoms with Crippen molar-refractivity contribution in [2.24, 2.45) is 0 Å². The van der Waals surface area contributed by atoms with Crippen molar-refractivity contribution in [3.05, 3.63) is 53.9 Å². The van der Waals surface area contributed by atoms with Gasteiger partial charge in [0, 0.05) is 30.1 Å². The van der Waals surface area contributed by atoms with Crippen molar-refractivity contribution in [2.45, 2.75) is 51.1 Å². The summed E-state index contributed by atoms with van der Waals surface area (Å²) in [6, 6.07) is 12.7. The summed E-state index contributed by atoms with van der Waals surface area (Å²) < 4.78 is 2.20. The number of pyridine rings is 1. The molecular formula is C22H25N5S. The summed E-state index contributed by atoms with van der Waals surface area (Å²) in [5.41, 5.74) is 4.72. The number of nitrogens with zero attached hydrogens (tertiary/aromatic N) is 5. The van der Waals surface area contributed by atoms with Crippen LogP contribution >= 0.6 is 11.8 Å². The molecule has 0 aliphatic carbocycles. The molecule has 28 heavy (non-hydrogen) atoms. The van der Waals surface area contributed by atoms with Crippen LogP contribution in [0.25, 0.3) is 17.1 Å². The van der Waals surface area contributed by atoms with Crippen molar-refractivity contribution in [1.29, 1.82) is 5.26 Å². The lowest BCUT2D eigenvalue weighted by molar-refractivity contribution is 0.819. The van der Waals surface area contributed by atoms with Crippen LogP contribution in [0.15, 0.2) is 47.9 Å². The minimum atomic E-state index is 0.604. The molecule has 0 saturated heterocycles. The van der Waals surface area contributed by atoms with E-state index in [1.165, 1.54) is 16.8 Å². The molecule has 144 valence electrons. The number of unbranched alkanes of at least 4 members (excludes halogenated alkanes) is 2. The van der Waals surface area contributed by atoms with Gasteiger partial charge < -0.3 is 0 Å². The number of thioether (sulfide) groups is 1. The fourth-order valence-corrected chi connectivity index (χ4v) is 4.16. The van der Waals surface area contributed by atoms with Crippen molar-refractivity contribution in [3.8, 4) is 23.1 Å². The van der Waals surface area contributed by atoms with Gasteiger partial charge in [-0.05, 0) is 48.9 Å². The average Bonchev–Trinajstić information content (AvgIpc) is 3.16. The van der Waals surface area contributed by atoms with Crippen LogP contribution in [0.1, 0.15) is 44.2 Å². The van der Waals surface area contributed by atoms with Crippen LogP contribution in [0.4, 0.5) is 0 Å². The highest BCUT2D eigenvalue weighted by Gasteiger charge is 2.20. The Morgan fingerprint density at radius 3 is 2.46 bits per heavy atom. The third-order valence-electron chi connectivity index (χ3n) is 4.66. The summed E-state index contributed by atoms with van der Waals surface area (Å²) in [7, 11) is 0. The number of aromatic nitrogens is 4. The van der Waals surface area contributed by atoms with Gasteiger partial charge in [0.2, 0.25) is 0 Å². The monoisotopic (exact) mass is 391 g/mol. The van der Waals surface area contributed by atoms with Crippen molar-refractivity contribution in [2.75, 3.05) is 5.75 Å². The number of rotatable bonds is 9. The maximum atomic E-state index is 8.73. The predicted octanol–water partition coefficient (Wildman–Crippen LogP) is 5.24. The number of para-hydroxylation sites is 1. The summed E-state index contributed by atoms with van der Waals surface area (Å²) >= 11 is 1.71. The molecule has 0 aliphatic rings. The standard InChI is InChI=1S/C22H25N5S/c1-3-17-10-8-11-18(4-2)20(17)27-21(19-12-9-14-24-16-19)25-26-22(27)28-15-7-5-6-13-23/h8-12,14,16H,3-7,15H2,1-2H3. The molecule has 0 radical (unpaired) electrons. The Morgan fingerprint density at radius 1 is 1.04 bits per heavy atom. The van der Waals surface area contributed by atoms with Gasteiger partial charge in [0.1, 0.15) is 0 Å². The molecule has 0 aliphatic heterocycles. The third kappa shape index (κ3) is 4.42. The number of hydrogen-bond acceptors (Lipinski definition) is 5. The zero-order chi connectivity index (χ0) is 19.8. The van der Waals surface area contributed by atoms with E-state index in [1.807, 2.05) is 18.3 Å². The molecule has 2 aromatic heterocycles. The Morgan fingerprint density at radius 2 is 1.82 bits per heavy atom. The molecule has 3 rings (SSSR count). The smallest absolute Gasteiger partial charge is 0.196 e. The normalized spacial score (nSPS) is 10.8. The van der Waals surface area contributed by atoms with Gasteiger partial charge in [0.05, 0.1) is 11.8 Å². The lowest BCUT2D eigenvalue weighted by Gasteiger charge is -2.17. The van der Waals surface area contributed by atoms with E-state index in [0.29, 0.717) is 6.42 Å². The van der Waals surface area contributed by atoms with Gasteiger partial charge in [-0.15, -0.1) is 10.2 Å². The van der Waals surface area contributed by atoms with Crippen LogP contribution < -0.4 is 0 Å². The Hall–Kier alpha value is -2.65. The summed E-state index contributed by atoms with van der Waals surface area (Å²) in [6.07, 6.45) is 8.00. The second-order valence-corrected chi connectivity index (χ2v) is 7.54. The molecule has 6 heteroatoms. The second kappa shape index (κ2) is 10.0. The zero-order valence-electron chi connectivity index (χ0n) is 16.4. The Kier molecular flexibility index (Phi) is 7.21. The molecule has 0 unspecified atom stereocenters. The van der Waals surface area contributed by atoms with Crippen LogP contribution in [0, 0.1) is 11.3 Å². The van der Waals surface area contributed by atoms with E-state index in [4.69, 9.17) is 5.26 Å². The lowest BCUT2D eigenvalue weighted by Crippen LogP contribution is -2.07. The van der Waals surface area contributed by atoms with E-state index in [1.54, 1.807) is 18.0 Å². The summed E-state index contributed by atoms with van der Waals surface area (Å²) in [4.78, 5) is 4.27. The topological polar surface area (TPSA) is 67.4 Å². The highest BCUT2D eigenvalue weighted by molar-refractivity contribution is 7.99. The van der Waals surface area contributed by atoms with Gasteiger partial charge in [-0.2, -0.15) is 5.26 Å². The van der Waals surface area contributed by atoms with Gasteiger partial charge in [0.15, 0.2) is 11.0 Å². The van der Waals surface area contributed by atoms with Crippen LogP contribution in [0.3, 0.4) is 0 Å². The number of aryl methyl sites for hydroxylation is 2. The van der Waals surface area contributed by atoms with Gasteiger partial charge in [-0.1, -0.05) is 43.8 Å². The molecule has 3 aromatic rings. The van der Waals surface area contributed by atoms with E-state index >= 15 is 0 Å². The fraction of sp³-hybridized carbons (Fsp3) is 0.364. The minimum absolute atomic E-state index is 0.604. The average molecular weight is 392 g/mol. The molecule has 0 fully saturated rings. The number of nitriles is 1. The molecule has 0 atom stereocenters. The largest absolute Gasteiger partial charge is 0.269 e. The summed E-state index contributed by atoms with van der Waals surface area (Å²) in [6.45, 7) is 4.36. The SMILES string of the molecule is CCc1cccc(CC)c1-n1c(SCCCCC#N)nnc1-c1cccnc1. The first-order valence-electron chi connectivity index (χ1n) is 9.76. The molecule has 2 heterocycles. The van der Waals surface area contributed by atoms with Gasteiger partial charge in [0.25, 0.3) is 0 Å². The quantitative estimate of drug-likeness (QED) is 0.368. The summed E-state index contributed by atoms with van der Waals surface area (Å²) in [5, 5.41) is 18.7. The molecule has 0 bridgehead atoms. The van der Waals surface area contributed by atoms with E-state index in [2.05, 4.69) is 57.9 Å². The van der Waals surface area contributed by atoms with Crippen molar-refractivity contribution in [3.63, 3.8) is 0 Å². The lowest BCUT2D eigenvalue weighted by atomic mass is 10.0. The van der Waals surface area contributed by atoms with E-state index in [9.17, 15) is 0 Å². The molecule has 0 saturated carbocycles. The molecule has 0 amide bonds. The first-order chi connectivity index (χ1) is 13.8. The highest BCUT2D eigenvalue weighted by Crippen LogP contribution is 2.32. The van der Waals surface area contributed by atoms with Crippen molar-refractivity contribution >= 4 is 11.8 Å². The van der Waals surface area contributed by atoms with Crippen LogP contribution in [0.5, 0.6) is 0 Å². The number of benzene rings is 1. The fourth-order valence-electron chi connectivity index (χ4n) is 3.22. The van der Waals surface area contributed by atoms with Crippen LogP contribution in [-0.4, -0.2) is 25.5 Å². The first-order valence-corrected chi connectivity index (χ1v) is 10.7.